The number of phenols is 1. The molecule has 2 heterocycles. The Hall–Kier alpha value is -2.95. The first kappa shape index (κ1) is 25.7. The number of nitrogens with one attached hydrogen (secondary N) is 1. The molecular formula is C22H15Cl2N4NaO5. The molecule has 168 valence electrons. The molecule has 0 aliphatic rings. The minimum absolute atomic E-state index is 0. The summed E-state index contributed by atoms with van der Waals surface area (Å²) in [5.41, 5.74) is 1.19. The van der Waals surface area contributed by atoms with Crippen LogP contribution in [-0.2, 0) is 11.3 Å². The van der Waals surface area contributed by atoms with Gasteiger partial charge in [0.05, 0.1) is 26.2 Å². The van der Waals surface area contributed by atoms with Gasteiger partial charge >= 0.3 is 29.6 Å². The van der Waals surface area contributed by atoms with E-state index in [0.717, 1.165) is 0 Å². The molecule has 0 spiro atoms. The third-order valence-electron chi connectivity index (χ3n) is 4.88. The normalized spacial score (nSPS) is 10.5. The van der Waals surface area contributed by atoms with Gasteiger partial charge < -0.3 is 16.4 Å². The van der Waals surface area contributed by atoms with Crippen LogP contribution in [0.1, 0.15) is 17.3 Å². The molecule has 2 N–H and O–H groups in total. The van der Waals surface area contributed by atoms with Crippen LogP contribution in [0.2, 0.25) is 10.0 Å². The van der Waals surface area contributed by atoms with E-state index in [1.54, 1.807) is 22.8 Å². The SMILES string of the molecule is O=C(Nc1c(Cl)cncc1Cl)C(=O)c1cn(Cc2cccc([N+](=O)[O-])c2)c2ccc(O)cc12.[H-].[Na+]. The van der Waals surface area contributed by atoms with Crippen molar-refractivity contribution in [3.8, 4) is 5.75 Å². The molecule has 0 saturated heterocycles. The number of aromatic hydroxyl groups is 1. The fourth-order valence-corrected chi connectivity index (χ4v) is 3.84. The van der Waals surface area contributed by atoms with Gasteiger partial charge in [0, 0.05) is 48.2 Å². The van der Waals surface area contributed by atoms with Gasteiger partial charge in [-0.1, -0.05) is 35.3 Å². The number of pyridine rings is 1. The number of anilines is 1. The summed E-state index contributed by atoms with van der Waals surface area (Å²) in [5.74, 6) is -1.96. The molecule has 1 amide bonds. The number of fused-ring (bicyclic) bond motifs is 1. The number of phenolic OH excluding ortho intramolecular Hbond substituents is 1. The maximum absolute atomic E-state index is 13.0. The van der Waals surface area contributed by atoms with Crippen molar-refractivity contribution in [3.05, 3.63) is 92.3 Å². The van der Waals surface area contributed by atoms with Crippen molar-refractivity contribution in [3.63, 3.8) is 0 Å². The zero-order chi connectivity index (χ0) is 23.7. The Morgan fingerprint density at radius 2 is 1.85 bits per heavy atom. The second-order valence-corrected chi connectivity index (χ2v) is 7.87. The van der Waals surface area contributed by atoms with Gasteiger partial charge in [-0.2, -0.15) is 0 Å². The van der Waals surface area contributed by atoms with Crippen LogP contribution in [0.15, 0.2) is 61.1 Å². The Kier molecular flexibility index (Phi) is 7.96. The van der Waals surface area contributed by atoms with Gasteiger partial charge in [0.2, 0.25) is 0 Å². The van der Waals surface area contributed by atoms with Crippen LogP contribution < -0.4 is 34.9 Å². The number of nitro benzene ring substituents is 1. The number of halogens is 2. The van der Waals surface area contributed by atoms with Gasteiger partial charge in [-0.25, -0.2) is 0 Å². The number of carbonyl (C=O) groups excluding carboxylic acids is 2. The number of hydrogen-bond donors (Lipinski definition) is 2. The average molecular weight is 509 g/mol. The molecule has 0 bridgehead atoms. The molecule has 34 heavy (non-hydrogen) atoms. The van der Waals surface area contributed by atoms with E-state index in [1.165, 1.54) is 42.9 Å². The number of non-ortho nitro benzene ring substituents is 1. The van der Waals surface area contributed by atoms with Crippen molar-refractivity contribution in [1.29, 1.82) is 0 Å². The average Bonchev–Trinajstić information content (AvgIpc) is 3.13. The first-order valence-electron chi connectivity index (χ1n) is 9.44. The summed E-state index contributed by atoms with van der Waals surface area (Å²) >= 11 is 12.0. The zero-order valence-corrected chi connectivity index (χ0v) is 21.2. The number of aromatic nitrogens is 2. The number of Topliss-reactive ketones (excluding diaryl/α,β-unsaturated/α-hetero) is 1. The quantitative estimate of drug-likeness (QED) is 0.135. The van der Waals surface area contributed by atoms with Crippen LogP contribution in [0, 0.1) is 10.1 Å². The van der Waals surface area contributed by atoms with Crippen LogP contribution in [-0.4, -0.2) is 31.3 Å². The minimum Gasteiger partial charge on any atom is -1.00 e. The molecule has 0 fully saturated rings. The maximum Gasteiger partial charge on any atom is 1.00 e. The molecule has 0 atom stereocenters. The molecule has 0 radical (unpaired) electrons. The predicted molar refractivity (Wildman–Crippen MR) is 124 cm³/mol. The van der Waals surface area contributed by atoms with Crippen LogP contribution >= 0.6 is 23.2 Å². The number of rotatable bonds is 6. The second kappa shape index (κ2) is 10.5. The number of nitro groups is 1. The van der Waals surface area contributed by atoms with E-state index in [9.17, 15) is 24.8 Å². The Labute approximate surface area is 226 Å². The predicted octanol–water partition coefficient (Wildman–Crippen LogP) is 1.94. The Morgan fingerprint density at radius 3 is 2.53 bits per heavy atom. The summed E-state index contributed by atoms with van der Waals surface area (Å²) in [6.07, 6.45) is 4.01. The summed E-state index contributed by atoms with van der Waals surface area (Å²) in [6, 6.07) is 10.5. The summed E-state index contributed by atoms with van der Waals surface area (Å²) < 4.78 is 1.67. The van der Waals surface area contributed by atoms with Gasteiger partial charge in [0.15, 0.2) is 0 Å². The number of hydrogen-bond acceptors (Lipinski definition) is 6. The third kappa shape index (κ3) is 5.24. The van der Waals surface area contributed by atoms with Crippen molar-refractivity contribution in [2.45, 2.75) is 6.54 Å². The largest absolute Gasteiger partial charge is 1.00 e. The molecule has 2 aromatic heterocycles. The third-order valence-corrected chi connectivity index (χ3v) is 5.45. The van der Waals surface area contributed by atoms with Crippen molar-refractivity contribution >= 4 is 57.2 Å². The second-order valence-electron chi connectivity index (χ2n) is 7.06. The van der Waals surface area contributed by atoms with E-state index in [4.69, 9.17) is 23.2 Å². The molecular weight excluding hydrogens is 494 g/mol. The number of carbonyl (C=O) groups is 2. The van der Waals surface area contributed by atoms with Crippen molar-refractivity contribution < 1.29 is 50.6 Å². The number of benzene rings is 2. The van der Waals surface area contributed by atoms with E-state index in [0.29, 0.717) is 16.5 Å². The monoisotopic (exact) mass is 508 g/mol. The summed E-state index contributed by atoms with van der Waals surface area (Å²) in [5, 5.41) is 23.9. The van der Waals surface area contributed by atoms with E-state index in [-0.39, 0.29) is 70.3 Å². The Bertz CT molecular complexity index is 1430. The molecule has 4 aromatic rings. The van der Waals surface area contributed by atoms with E-state index in [2.05, 4.69) is 10.3 Å². The van der Waals surface area contributed by atoms with E-state index in [1.807, 2.05) is 0 Å². The van der Waals surface area contributed by atoms with Gasteiger partial charge in [0.1, 0.15) is 5.75 Å². The molecule has 2 aromatic carbocycles. The number of ketones is 1. The molecule has 12 heteroatoms. The molecule has 0 aliphatic heterocycles. The smallest absolute Gasteiger partial charge is 1.00 e. The first-order valence-corrected chi connectivity index (χ1v) is 10.2. The van der Waals surface area contributed by atoms with Gasteiger partial charge in [-0.15, -0.1) is 0 Å². The number of amides is 1. The van der Waals surface area contributed by atoms with E-state index >= 15 is 0 Å². The van der Waals surface area contributed by atoms with Crippen LogP contribution in [0.25, 0.3) is 10.9 Å². The topological polar surface area (TPSA) is 127 Å². The van der Waals surface area contributed by atoms with Gasteiger partial charge in [0.25, 0.3) is 17.4 Å². The van der Waals surface area contributed by atoms with Crippen LogP contribution in [0.4, 0.5) is 11.4 Å². The summed E-state index contributed by atoms with van der Waals surface area (Å²) in [6.45, 7) is 0.194. The summed E-state index contributed by atoms with van der Waals surface area (Å²) in [7, 11) is 0. The first-order chi connectivity index (χ1) is 15.7. The van der Waals surface area contributed by atoms with Crippen molar-refractivity contribution in [1.82, 2.24) is 9.55 Å². The Morgan fingerprint density at radius 1 is 1.15 bits per heavy atom. The molecule has 0 saturated carbocycles. The van der Waals surface area contributed by atoms with Gasteiger partial charge in [-0.05, 0) is 23.8 Å². The van der Waals surface area contributed by atoms with Crippen molar-refractivity contribution in [2.75, 3.05) is 5.32 Å². The minimum atomic E-state index is -0.984. The standard InChI is InChI=1S/C22H14Cl2N4O5.Na.H/c23-17-8-25-9-18(24)20(17)26-22(31)21(30)16-11-27(19-5-4-14(29)7-15(16)19)10-12-2-1-3-13(6-12)28(32)33;;/h1-9,11,29H,10H2,(H,25,26,31);;/q;+1;-1. The molecule has 0 unspecified atom stereocenters. The fourth-order valence-electron chi connectivity index (χ4n) is 3.39. The number of nitrogens with zero attached hydrogens (tertiary/aromatic N) is 3. The molecule has 4 rings (SSSR count). The zero-order valence-electron chi connectivity index (χ0n) is 18.7. The van der Waals surface area contributed by atoms with E-state index < -0.39 is 16.6 Å². The Balaban J connectivity index is 0.00000216. The van der Waals surface area contributed by atoms with Crippen LogP contribution in [0.5, 0.6) is 5.75 Å². The van der Waals surface area contributed by atoms with Gasteiger partial charge in [-0.3, -0.25) is 24.7 Å². The fraction of sp³-hybridized carbons (Fsp3) is 0.0455. The van der Waals surface area contributed by atoms with Crippen molar-refractivity contribution in [2.24, 2.45) is 0 Å². The summed E-state index contributed by atoms with van der Waals surface area (Å²) in [4.78, 5) is 40.1. The molecule has 0 aliphatic carbocycles. The van der Waals surface area contributed by atoms with Crippen LogP contribution in [0.3, 0.4) is 0 Å². The molecule has 9 nitrogen and oxygen atoms in total. The maximum atomic E-state index is 13.0.